The predicted molar refractivity (Wildman–Crippen MR) is 131 cm³/mol. The molecular weight excluding hydrogens is 446 g/mol. The van der Waals surface area contributed by atoms with Crippen LogP contribution < -0.4 is 10.6 Å². The number of amides is 2. The Morgan fingerprint density at radius 3 is 2.49 bits per heavy atom. The molecule has 0 saturated heterocycles. The number of ether oxygens (including phenoxy) is 1. The molecule has 0 fully saturated rings. The second-order valence-electron chi connectivity index (χ2n) is 7.56. The van der Waals surface area contributed by atoms with Crippen LogP contribution in [0, 0.1) is 6.92 Å². The van der Waals surface area contributed by atoms with Crippen molar-refractivity contribution in [3.05, 3.63) is 102 Å². The van der Waals surface area contributed by atoms with Crippen molar-refractivity contribution >= 4 is 29.2 Å². The van der Waals surface area contributed by atoms with Crippen molar-refractivity contribution < 1.29 is 19.1 Å². The van der Waals surface area contributed by atoms with Crippen molar-refractivity contribution in [1.29, 1.82) is 0 Å². The first-order valence-corrected chi connectivity index (χ1v) is 10.9. The molecule has 0 radical (unpaired) electrons. The summed E-state index contributed by atoms with van der Waals surface area (Å²) in [6, 6.07) is 17.0. The lowest BCUT2D eigenvalue weighted by Gasteiger charge is -2.14. The number of esters is 1. The number of para-hydroxylation sites is 1. The molecular formula is C26H23N5O4. The highest BCUT2D eigenvalue weighted by atomic mass is 16.5. The van der Waals surface area contributed by atoms with Gasteiger partial charge in [-0.05, 0) is 61.9 Å². The summed E-state index contributed by atoms with van der Waals surface area (Å²) in [6.07, 6.45) is 4.70. The third-order valence-electron chi connectivity index (χ3n) is 5.14. The van der Waals surface area contributed by atoms with Crippen molar-refractivity contribution in [1.82, 2.24) is 14.8 Å². The van der Waals surface area contributed by atoms with Crippen LogP contribution in [0.2, 0.25) is 0 Å². The van der Waals surface area contributed by atoms with Gasteiger partial charge >= 0.3 is 5.97 Å². The highest BCUT2D eigenvalue weighted by molar-refractivity contribution is 6.13. The van der Waals surface area contributed by atoms with Crippen LogP contribution >= 0.6 is 0 Å². The predicted octanol–water partition coefficient (Wildman–Crippen LogP) is 4.26. The molecule has 0 saturated carbocycles. The van der Waals surface area contributed by atoms with Crippen molar-refractivity contribution in [3.8, 4) is 5.69 Å². The molecule has 2 N–H and O–H groups in total. The maximum absolute atomic E-state index is 13.2. The number of carbonyl (C=O) groups excluding carboxylic acids is 3. The normalized spacial score (nSPS) is 10.5. The van der Waals surface area contributed by atoms with E-state index in [-0.39, 0.29) is 24.1 Å². The molecule has 2 aromatic heterocycles. The van der Waals surface area contributed by atoms with Crippen LogP contribution in [0.15, 0.2) is 79.3 Å². The van der Waals surface area contributed by atoms with Gasteiger partial charge in [0.2, 0.25) is 0 Å². The van der Waals surface area contributed by atoms with Gasteiger partial charge in [-0.2, -0.15) is 5.10 Å². The number of hydrogen-bond donors (Lipinski definition) is 2. The van der Waals surface area contributed by atoms with Gasteiger partial charge in [0.1, 0.15) is 0 Å². The van der Waals surface area contributed by atoms with E-state index in [2.05, 4.69) is 20.7 Å². The molecule has 2 amide bonds. The Morgan fingerprint density at radius 1 is 0.943 bits per heavy atom. The second-order valence-corrected chi connectivity index (χ2v) is 7.56. The summed E-state index contributed by atoms with van der Waals surface area (Å²) < 4.78 is 6.50. The first-order chi connectivity index (χ1) is 17.0. The average Bonchev–Trinajstić information content (AvgIpc) is 3.37. The molecule has 0 bridgehead atoms. The summed E-state index contributed by atoms with van der Waals surface area (Å²) in [5.74, 6) is -1.23. The molecule has 0 spiro atoms. The fraction of sp³-hybridized carbons (Fsp3) is 0.115. The number of rotatable bonds is 7. The molecule has 0 unspecified atom stereocenters. The molecule has 0 atom stereocenters. The number of benzene rings is 2. The van der Waals surface area contributed by atoms with E-state index >= 15 is 0 Å². The lowest BCUT2D eigenvalue weighted by molar-refractivity contribution is 0.0518. The monoisotopic (exact) mass is 469 g/mol. The zero-order valence-electron chi connectivity index (χ0n) is 19.2. The summed E-state index contributed by atoms with van der Waals surface area (Å²) in [6.45, 7) is 3.81. The fourth-order valence-electron chi connectivity index (χ4n) is 3.42. The summed E-state index contributed by atoms with van der Waals surface area (Å²) in [7, 11) is 0. The average molecular weight is 470 g/mol. The van der Waals surface area contributed by atoms with Gasteiger partial charge in [0.15, 0.2) is 5.69 Å². The van der Waals surface area contributed by atoms with Gasteiger partial charge in [-0.25, -0.2) is 9.48 Å². The van der Waals surface area contributed by atoms with Crippen molar-refractivity contribution in [2.75, 3.05) is 17.2 Å². The molecule has 0 aliphatic carbocycles. The Bertz CT molecular complexity index is 1380. The van der Waals surface area contributed by atoms with Crippen molar-refractivity contribution in [3.63, 3.8) is 0 Å². The molecule has 9 heteroatoms. The number of nitrogens with one attached hydrogen (secondary N) is 2. The Kier molecular flexibility index (Phi) is 6.96. The largest absolute Gasteiger partial charge is 0.461 e. The maximum atomic E-state index is 13.2. The first-order valence-electron chi connectivity index (χ1n) is 10.9. The van der Waals surface area contributed by atoms with Gasteiger partial charge in [-0.1, -0.05) is 18.2 Å². The van der Waals surface area contributed by atoms with Crippen LogP contribution in [0.4, 0.5) is 11.4 Å². The minimum absolute atomic E-state index is 0.190. The van der Waals surface area contributed by atoms with E-state index in [1.54, 1.807) is 67.7 Å². The van der Waals surface area contributed by atoms with Crippen LogP contribution in [0.1, 0.15) is 43.7 Å². The van der Waals surface area contributed by atoms with Crippen LogP contribution in [-0.2, 0) is 4.74 Å². The summed E-state index contributed by atoms with van der Waals surface area (Å²) in [4.78, 5) is 41.7. The highest BCUT2D eigenvalue weighted by Gasteiger charge is 2.17. The Hall–Kier alpha value is -4.79. The summed E-state index contributed by atoms with van der Waals surface area (Å²) in [5.41, 5.74) is 3.29. The minimum Gasteiger partial charge on any atom is -0.461 e. The molecule has 2 heterocycles. The van der Waals surface area contributed by atoms with E-state index < -0.39 is 5.97 Å². The lowest BCUT2D eigenvalue weighted by Crippen LogP contribution is -2.19. The minimum atomic E-state index is -0.503. The van der Waals surface area contributed by atoms with E-state index in [0.717, 1.165) is 5.56 Å². The van der Waals surface area contributed by atoms with Gasteiger partial charge in [0, 0.05) is 29.8 Å². The lowest BCUT2D eigenvalue weighted by atomic mass is 10.1. The molecule has 35 heavy (non-hydrogen) atoms. The van der Waals surface area contributed by atoms with E-state index in [9.17, 15) is 14.4 Å². The number of hydrogen-bond acceptors (Lipinski definition) is 6. The maximum Gasteiger partial charge on any atom is 0.358 e. The first kappa shape index (κ1) is 23.4. The van der Waals surface area contributed by atoms with Gasteiger partial charge in [-0.15, -0.1) is 0 Å². The zero-order valence-corrected chi connectivity index (χ0v) is 19.2. The van der Waals surface area contributed by atoms with Gasteiger partial charge in [0.05, 0.1) is 23.5 Å². The quantitative estimate of drug-likeness (QED) is 0.391. The summed E-state index contributed by atoms with van der Waals surface area (Å²) in [5, 5.41) is 9.95. The second kappa shape index (κ2) is 10.4. The van der Waals surface area contributed by atoms with Crippen LogP contribution in [0.25, 0.3) is 5.69 Å². The molecule has 4 rings (SSSR count). The van der Waals surface area contributed by atoms with E-state index in [4.69, 9.17) is 4.74 Å². The van der Waals surface area contributed by atoms with Gasteiger partial charge < -0.3 is 15.4 Å². The number of nitrogens with zero attached hydrogens (tertiary/aromatic N) is 3. The van der Waals surface area contributed by atoms with Crippen LogP contribution in [-0.4, -0.2) is 39.2 Å². The van der Waals surface area contributed by atoms with Gasteiger partial charge in [-0.3, -0.25) is 14.6 Å². The number of pyridine rings is 1. The molecule has 0 aliphatic rings. The topological polar surface area (TPSA) is 115 Å². The Morgan fingerprint density at radius 2 is 1.71 bits per heavy atom. The van der Waals surface area contributed by atoms with E-state index in [1.807, 2.05) is 13.0 Å². The number of anilines is 2. The Labute approximate surface area is 201 Å². The van der Waals surface area contributed by atoms with Gasteiger partial charge in [0.25, 0.3) is 11.8 Å². The molecule has 0 aliphatic heterocycles. The molecule has 4 aromatic rings. The van der Waals surface area contributed by atoms with Crippen LogP contribution in [0.3, 0.4) is 0 Å². The SMILES string of the molecule is CCOC(=O)c1ccn(-c2cccc(NC(=O)c3cccc(C)c3NC(=O)c3ccncc3)c2)n1. The third kappa shape index (κ3) is 5.41. The standard InChI is InChI=1S/C26H23N5O4/c1-3-35-26(34)22-12-15-31(30-22)20-8-5-7-19(16-20)28-25(33)21-9-4-6-17(2)23(21)29-24(32)18-10-13-27-14-11-18/h4-16H,3H2,1-2H3,(H,28,33)(H,29,32). The number of aryl methyl sites for hydroxylation is 1. The third-order valence-corrected chi connectivity index (χ3v) is 5.14. The zero-order chi connectivity index (χ0) is 24.8. The van der Waals surface area contributed by atoms with Crippen molar-refractivity contribution in [2.45, 2.75) is 13.8 Å². The van der Waals surface area contributed by atoms with Crippen molar-refractivity contribution in [2.24, 2.45) is 0 Å². The molecule has 2 aromatic carbocycles. The number of aromatic nitrogens is 3. The highest BCUT2D eigenvalue weighted by Crippen LogP contribution is 2.23. The molecule has 9 nitrogen and oxygen atoms in total. The fourth-order valence-corrected chi connectivity index (χ4v) is 3.42. The van der Waals surface area contributed by atoms with E-state index in [0.29, 0.717) is 28.2 Å². The number of carbonyl (C=O) groups is 3. The summed E-state index contributed by atoms with van der Waals surface area (Å²) >= 11 is 0. The van der Waals surface area contributed by atoms with Crippen LogP contribution in [0.5, 0.6) is 0 Å². The Balaban J connectivity index is 1.54. The molecule has 176 valence electrons. The van der Waals surface area contributed by atoms with E-state index in [1.165, 1.54) is 17.1 Å². The smallest absolute Gasteiger partial charge is 0.358 e.